The Hall–Kier alpha value is -1.81. The highest BCUT2D eigenvalue weighted by Crippen LogP contribution is 2.28. The van der Waals surface area contributed by atoms with Crippen LogP contribution in [0, 0.1) is 5.82 Å². The molecule has 1 amide bonds. The van der Waals surface area contributed by atoms with E-state index in [0.29, 0.717) is 6.41 Å². The number of halogens is 1. The number of carbonyl (C=O) groups is 1. The van der Waals surface area contributed by atoms with E-state index < -0.39 is 0 Å². The van der Waals surface area contributed by atoms with Crippen molar-refractivity contribution in [2.75, 3.05) is 5.32 Å². The number of rotatable bonds is 4. The van der Waals surface area contributed by atoms with Gasteiger partial charge >= 0.3 is 0 Å². The Kier molecular flexibility index (Phi) is 3.77. The minimum absolute atomic E-state index is 0.236. The molecule has 0 atom stereocenters. The molecule has 0 saturated heterocycles. The largest absolute Gasteiger partial charge is 0.329 e. The molecule has 2 rings (SSSR count). The van der Waals surface area contributed by atoms with E-state index in [4.69, 9.17) is 0 Å². The average molecular weight is 247 g/mol. The van der Waals surface area contributed by atoms with Gasteiger partial charge in [-0.1, -0.05) is 11.8 Å². The van der Waals surface area contributed by atoms with Gasteiger partial charge in [0.1, 0.15) is 5.82 Å². The monoisotopic (exact) mass is 247 g/mol. The van der Waals surface area contributed by atoms with Gasteiger partial charge in [0.2, 0.25) is 6.41 Å². The lowest BCUT2D eigenvalue weighted by Gasteiger charge is -2.03. The summed E-state index contributed by atoms with van der Waals surface area (Å²) in [5.41, 5.74) is 0.753. The van der Waals surface area contributed by atoms with E-state index in [2.05, 4.69) is 5.32 Å². The summed E-state index contributed by atoms with van der Waals surface area (Å²) >= 11 is 1.54. The maximum Gasteiger partial charge on any atom is 0.211 e. The summed E-state index contributed by atoms with van der Waals surface area (Å²) in [5.74, 6) is -0.236. The molecule has 0 unspecified atom stereocenters. The molecule has 0 saturated carbocycles. The summed E-state index contributed by atoms with van der Waals surface area (Å²) < 4.78 is 12.7. The Labute approximate surface area is 103 Å². The van der Waals surface area contributed by atoms with Crippen LogP contribution >= 0.6 is 11.8 Å². The van der Waals surface area contributed by atoms with Crippen LogP contribution in [0.3, 0.4) is 0 Å². The molecule has 2 nitrogen and oxygen atoms in total. The van der Waals surface area contributed by atoms with Gasteiger partial charge in [-0.15, -0.1) is 0 Å². The Morgan fingerprint density at radius 2 is 1.47 bits per heavy atom. The Morgan fingerprint density at radius 3 is 2.00 bits per heavy atom. The van der Waals surface area contributed by atoms with Crippen molar-refractivity contribution in [1.82, 2.24) is 0 Å². The zero-order valence-corrected chi connectivity index (χ0v) is 9.71. The standard InChI is InChI=1S/C13H10FNOS/c14-10-1-5-12(6-2-10)17-13-7-3-11(4-8-13)15-9-16/h1-9H,(H,15,16). The zero-order chi connectivity index (χ0) is 12.1. The van der Waals surface area contributed by atoms with Crippen LogP contribution in [0.15, 0.2) is 58.3 Å². The molecule has 0 fully saturated rings. The molecule has 1 N–H and O–H groups in total. The van der Waals surface area contributed by atoms with E-state index in [0.717, 1.165) is 15.5 Å². The SMILES string of the molecule is O=CNc1ccc(Sc2ccc(F)cc2)cc1. The number of carbonyl (C=O) groups excluding carboxylic acids is 1. The fourth-order valence-electron chi connectivity index (χ4n) is 1.33. The maximum atomic E-state index is 12.7. The van der Waals surface area contributed by atoms with Crippen LogP contribution in [-0.4, -0.2) is 6.41 Å². The molecule has 0 aliphatic heterocycles. The predicted octanol–water partition coefficient (Wildman–Crippen LogP) is 3.55. The third-order valence-electron chi connectivity index (χ3n) is 2.13. The summed E-state index contributed by atoms with van der Waals surface area (Å²) in [4.78, 5) is 12.2. The molecule has 0 aliphatic carbocycles. The number of benzene rings is 2. The summed E-state index contributed by atoms with van der Waals surface area (Å²) in [5, 5.41) is 2.57. The van der Waals surface area contributed by atoms with Gasteiger partial charge in [-0.05, 0) is 48.5 Å². The molecule has 0 aliphatic rings. The molecule has 86 valence electrons. The van der Waals surface area contributed by atoms with Gasteiger partial charge in [0.15, 0.2) is 0 Å². The van der Waals surface area contributed by atoms with E-state index in [1.807, 2.05) is 24.3 Å². The fraction of sp³-hybridized carbons (Fsp3) is 0. The highest BCUT2D eigenvalue weighted by atomic mass is 32.2. The van der Waals surface area contributed by atoms with Crippen LogP contribution in [0.5, 0.6) is 0 Å². The van der Waals surface area contributed by atoms with Crippen LogP contribution in [0.4, 0.5) is 10.1 Å². The highest BCUT2D eigenvalue weighted by Gasteiger charge is 1.98. The number of amides is 1. The van der Waals surface area contributed by atoms with Crippen molar-refractivity contribution in [2.45, 2.75) is 9.79 Å². The molecule has 0 heterocycles. The summed E-state index contributed by atoms with van der Waals surface area (Å²) in [7, 11) is 0. The normalized spacial score (nSPS) is 9.94. The molecule has 2 aromatic rings. The third-order valence-corrected chi connectivity index (χ3v) is 3.14. The van der Waals surface area contributed by atoms with E-state index in [1.54, 1.807) is 23.9 Å². The molecule has 4 heteroatoms. The van der Waals surface area contributed by atoms with Crippen LogP contribution < -0.4 is 5.32 Å². The van der Waals surface area contributed by atoms with Crippen molar-refractivity contribution < 1.29 is 9.18 Å². The van der Waals surface area contributed by atoms with Crippen LogP contribution in [-0.2, 0) is 4.79 Å². The first-order valence-electron chi connectivity index (χ1n) is 5.01. The van der Waals surface area contributed by atoms with Crippen molar-refractivity contribution in [2.24, 2.45) is 0 Å². The second-order valence-corrected chi connectivity index (χ2v) is 4.49. The highest BCUT2D eigenvalue weighted by molar-refractivity contribution is 7.99. The number of hydrogen-bond donors (Lipinski definition) is 1. The molecule has 0 radical (unpaired) electrons. The van der Waals surface area contributed by atoms with E-state index >= 15 is 0 Å². The van der Waals surface area contributed by atoms with Gasteiger partial charge in [0, 0.05) is 15.5 Å². The first-order valence-corrected chi connectivity index (χ1v) is 5.83. The van der Waals surface area contributed by atoms with Crippen LogP contribution in [0.2, 0.25) is 0 Å². The van der Waals surface area contributed by atoms with E-state index in [9.17, 15) is 9.18 Å². The average Bonchev–Trinajstić information content (AvgIpc) is 2.35. The second-order valence-electron chi connectivity index (χ2n) is 3.34. The molecule has 0 spiro atoms. The second kappa shape index (κ2) is 5.50. The minimum atomic E-state index is -0.236. The maximum absolute atomic E-state index is 12.7. The molecule has 17 heavy (non-hydrogen) atoms. The molecule has 0 aromatic heterocycles. The number of nitrogens with one attached hydrogen (secondary N) is 1. The van der Waals surface area contributed by atoms with E-state index in [-0.39, 0.29) is 5.82 Å². The van der Waals surface area contributed by atoms with Crippen LogP contribution in [0.25, 0.3) is 0 Å². The lowest BCUT2D eigenvalue weighted by molar-refractivity contribution is -0.105. The lowest BCUT2D eigenvalue weighted by atomic mass is 10.3. The van der Waals surface area contributed by atoms with Crippen molar-refractivity contribution in [3.63, 3.8) is 0 Å². The predicted molar refractivity (Wildman–Crippen MR) is 66.7 cm³/mol. The van der Waals surface area contributed by atoms with E-state index in [1.165, 1.54) is 12.1 Å². The molecule has 0 bridgehead atoms. The quantitative estimate of drug-likeness (QED) is 0.837. The molecular weight excluding hydrogens is 237 g/mol. The van der Waals surface area contributed by atoms with Gasteiger partial charge in [-0.2, -0.15) is 0 Å². The summed E-state index contributed by atoms with van der Waals surface area (Å²) in [6, 6.07) is 13.8. The summed E-state index contributed by atoms with van der Waals surface area (Å²) in [6.07, 6.45) is 0.641. The first-order chi connectivity index (χ1) is 8.28. The molecule has 2 aromatic carbocycles. The minimum Gasteiger partial charge on any atom is -0.329 e. The zero-order valence-electron chi connectivity index (χ0n) is 8.89. The first kappa shape index (κ1) is 11.7. The van der Waals surface area contributed by atoms with Crippen molar-refractivity contribution in [3.05, 3.63) is 54.3 Å². The van der Waals surface area contributed by atoms with Crippen molar-refractivity contribution >= 4 is 23.9 Å². The lowest BCUT2D eigenvalue weighted by Crippen LogP contribution is -1.92. The van der Waals surface area contributed by atoms with Crippen LogP contribution in [0.1, 0.15) is 0 Å². The summed E-state index contributed by atoms with van der Waals surface area (Å²) in [6.45, 7) is 0. The van der Waals surface area contributed by atoms with Crippen molar-refractivity contribution in [1.29, 1.82) is 0 Å². The van der Waals surface area contributed by atoms with Gasteiger partial charge in [0.25, 0.3) is 0 Å². The van der Waals surface area contributed by atoms with Crippen molar-refractivity contribution in [3.8, 4) is 0 Å². The smallest absolute Gasteiger partial charge is 0.211 e. The Morgan fingerprint density at radius 1 is 0.941 bits per heavy atom. The topological polar surface area (TPSA) is 29.1 Å². The Bertz CT molecular complexity index is 496. The van der Waals surface area contributed by atoms with Gasteiger partial charge in [-0.3, -0.25) is 4.79 Å². The number of hydrogen-bond acceptors (Lipinski definition) is 2. The van der Waals surface area contributed by atoms with Gasteiger partial charge in [-0.25, -0.2) is 4.39 Å². The Balaban J connectivity index is 2.08. The fourth-order valence-corrected chi connectivity index (χ4v) is 2.14. The third kappa shape index (κ3) is 3.32. The molecular formula is C13H10FNOS. The van der Waals surface area contributed by atoms with Gasteiger partial charge < -0.3 is 5.32 Å². The van der Waals surface area contributed by atoms with Gasteiger partial charge in [0.05, 0.1) is 0 Å². The number of anilines is 1.